The monoisotopic (exact) mass is 249 g/mol. The van der Waals surface area contributed by atoms with Gasteiger partial charge in [0.2, 0.25) is 0 Å². The van der Waals surface area contributed by atoms with Gasteiger partial charge in [-0.3, -0.25) is 0 Å². The van der Waals surface area contributed by atoms with Crippen molar-refractivity contribution in [2.75, 3.05) is 20.8 Å². The molecule has 0 saturated heterocycles. The Labute approximate surface area is 109 Å². The molecular formula is C15H23NO2. The number of benzene rings is 1. The summed E-state index contributed by atoms with van der Waals surface area (Å²) < 4.78 is 11.2. The van der Waals surface area contributed by atoms with E-state index in [1.807, 2.05) is 0 Å². The topological polar surface area (TPSA) is 44.5 Å². The summed E-state index contributed by atoms with van der Waals surface area (Å²) in [5.41, 5.74) is 9.67. The van der Waals surface area contributed by atoms with Crippen molar-refractivity contribution in [1.82, 2.24) is 0 Å². The fourth-order valence-electron chi connectivity index (χ4n) is 2.83. The van der Waals surface area contributed by atoms with E-state index in [-0.39, 0.29) is 0 Å². The zero-order chi connectivity index (χ0) is 13.0. The van der Waals surface area contributed by atoms with Crippen LogP contribution in [0.25, 0.3) is 0 Å². The first-order valence-corrected chi connectivity index (χ1v) is 6.68. The fourth-order valence-corrected chi connectivity index (χ4v) is 2.83. The van der Waals surface area contributed by atoms with E-state index in [0.717, 1.165) is 12.0 Å². The number of methoxy groups -OCH3 is 2. The minimum atomic E-state index is -0.693. The van der Waals surface area contributed by atoms with E-state index in [4.69, 9.17) is 15.2 Å². The lowest BCUT2D eigenvalue weighted by Gasteiger charge is -2.32. The maximum atomic E-state index is 5.68. The number of aryl methyl sites for hydroxylation is 2. The molecule has 3 heteroatoms. The molecule has 0 heterocycles. The first kappa shape index (κ1) is 13.5. The van der Waals surface area contributed by atoms with Gasteiger partial charge in [0.05, 0.1) is 0 Å². The minimum Gasteiger partial charge on any atom is -0.349 e. The van der Waals surface area contributed by atoms with Crippen LogP contribution in [0.5, 0.6) is 0 Å². The van der Waals surface area contributed by atoms with Crippen molar-refractivity contribution in [3.63, 3.8) is 0 Å². The molecule has 0 fully saturated rings. The van der Waals surface area contributed by atoms with Gasteiger partial charge in [0.15, 0.2) is 5.79 Å². The lowest BCUT2D eigenvalue weighted by atomic mass is 9.88. The molecule has 1 aliphatic rings. The second kappa shape index (κ2) is 5.83. The molecule has 18 heavy (non-hydrogen) atoms. The molecule has 0 amide bonds. The molecule has 0 unspecified atom stereocenters. The molecular weight excluding hydrogens is 226 g/mol. The second-order valence-electron chi connectivity index (χ2n) is 4.89. The summed E-state index contributed by atoms with van der Waals surface area (Å²) in [4.78, 5) is 0. The zero-order valence-electron chi connectivity index (χ0n) is 11.4. The van der Waals surface area contributed by atoms with Crippen LogP contribution in [0.3, 0.4) is 0 Å². The maximum Gasteiger partial charge on any atom is 0.195 e. The molecule has 0 saturated carbocycles. The van der Waals surface area contributed by atoms with Crippen LogP contribution < -0.4 is 5.73 Å². The van der Waals surface area contributed by atoms with Gasteiger partial charge in [-0.15, -0.1) is 0 Å². The van der Waals surface area contributed by atoms with E-state index in [2.05, 4.69) is 18.2 Å². The van der Waals surface area contributed by atoms with E-state index in [1.165, 1.54) is 30.4 Å². The van der Waals surface area contributed by atoms with Gasteiger partial charge in [-0.05, 0) is 43.4 Å². The highest BCUT2D eigenvalue weighted by Gasteiger charge is 2.31. The molecule has 0 atom stereocenters. The SMILES string of the molecule is COC(CCN)(OC)c1ccc2c(c1)CCCC2. The van der Waals surface area contributed by atoms with Crippen LogP contribution in [-0.4, -0.2) is 20.8 Å². The Morgan fingerprint density at radius 2 is 1.78 bits per heavy atom. The summed E-state index contributed by atoms with van der Waals surface area (Å²) in [6.07, 6.45) is 5.60. The number of hydrogen-bond donors (Lipinski definition) is 1. The lowest BCUT2D eigenvalue weighted by Crippen LogP contribution is -2.33. The van der Waals surface area contributed by atoms with Gasteiger partial charge in [-0.25, -0.2) is 0 Å². The van der Waals surface area contributed by atoms with Crippen molar-refractivity contribution < 1.29 is 9.47 Å². The summed E-state index contributed by atoms with van der Waals surface area (Å²) in [5.74, 6) is -0.693. The summed E-state index contributed by atoms with van der Waals surface area (Å²) in [6, 6.07) is 6.57. The third-order valence-corrected chi connectivity index (χ3v) is 3.92. The average Bonchev–Trinajstić information content (AvgIpc) is 2.44. The highest BCUT2D eigenvalue weighted by molar-refractivity contribution is 5.35. The third kappa shape index (κ3) is 2.44. The standard InChI is InChI=1S/C15H23NO2/c1-17-15(18-2,9-10-16)14-8-7-12-5-3-4-6-13(12)11-14/h7-8,11H,3-6,9-10,16H2,1-2H3. The van der Waals surface area contributed by atoms with Gasteiger partial charge in [0, 0.05) is 26.2 Å². The predicted molar refractivity (Wildman–Crippen MR) is 72.5 cm³/mol. The normalized spacial score (nSPS) is 15.5. The summed E-state index contributed by atoms with van der Waals surface area (Å²) in [7, 11) is 3.36. The van der Waals surface area contributed by atoms with E-state index < -0.39 is 5.79 Å². The number of hydrogen-bond acceptors (Lipinski definition) is 3. The lowest BCUT2D eigenvalue weighted by molar-refractivity contribution is -0.218. The Morgan fingerprint density at radius 3 is 2.39 bits per heavy atom. The molecule has 1 aliphatic carbocycles. The van der Waals surface area contributed by atoms with Crippen LogP contribution in [0.1, 0.15) is 36.0 Å². The zero-order valence-corrected chi connectivity index (χ0v) is 11.4. The predicted octanol–water partition coefficient (Wildman–Crippen LogP) is 2.36. The third-order valence-electron chi connectivity index (χ3n) is 3.92. The van der Waals surface area contributed by atoms with Crippen molar-refractivity contribution >= 4 is 0 Å². The van der Waals surface area contributed by atoms with Crippen molar-refractivity contribution in [3.05, 3.63) is 34.9 Å². The van der Waals surface area contributed by atoms with Crippen LogP contribution in [0.15, 0.2) is 18.2 Å². The van der Waals surface area contributed by atoms with Crippen molar-refractivity contribution in [2.24, 2.45) is 5.73 Å². The Kier molecular flexibility index (Phi) is 4.38. The average molecular weight is 249 g/mol. The largest absolute Gasteiger partial charge is 0.349 e. The highest BCUT2D eigenvalue weighted by atomic mass is 16.7. The van der Waals surface area contributed by atoms with Crippen molar-refractivity contribution in [1.29, 1.82) is 0 Å². The Hall–Kier alpha value is -0.900. The van der Waals surface area contributed by atoms with E-state index in [0.29, 0.717) is 13.0 Å². The molecule has 0 aromatic heterocycles. The van der Waals surface area contributed by atoms with Crippen molar-refractivity contribution in [2.45, 2.75) is 37.9 Å². The first-order valence-electron chi connectivity index (χ1n) is 6.68. The van der Waals surface area contributed by atoms with Gasteiger partial charge < -0.3 is 15.2 Å². The summed E-state index contributed by atoms with van der Waals surface area (Å²) >= 11 is 0. The molecule has 2 rings (SSSR count). The molecule has 0 radical (unpaired) electrons. The second-order valence-corrected chi connectivity index (χ2v) is 4.89. The molecule has 100 valence electrons. The van der Waals surface area contributed by atoms with E-state index >= 15 is 0 Å². The quantitative estimate of drug-likeness (QED) is 0.815. The number of nitrogens with two attached hydrogens (primary N) is 1. The van der Waals surface area contributed by atoms with Crippen LogP contribution in [0.4, 0.5) is 0 Å². The van der Waals surface area contributed by atoms with Gasteiger partial charge in [-0.1, -0.05) is 18.2 Å². The van der Waals surface area contributed by atoms with Crippen LogP contribution in [-0.2, 0) is 28.1 Å². The molecule has 1 aromatic rings. The van der Waals surface area contributed by atoms with E-state index in [9.17, 15) is 0 Å². The number of ether oxygens (including phenoxy) is 2. The maximum absolute atomic E-state index is 5.68. The van der Waals surface area contributed by atoms with Gasteiger partial charge in [0.1, 0.15) is 0 Å². The minimum absolute atomic E-state index is 0.540. The van der Waals surface area contributed by atoms with Crippen LogP contribution >= 0.6 is 0 Å². The number of fused-ring (bicyclic) bond motifs is 1. The molecule has 0 spiro atoms. The molecule has 1 aromatic carbocycles. The Morgan fingerprint density at radius 1 is 1.11 bits per heavy atom. The van der Waals surface area contributed by atoms with Gasteiger partial charge in [0.25, 0.3) is 0 Å². The molecule has 3 nitrogen and oxygen atoms in total. The fraction of sp³-hybridized carbons (Fsp3) is 0.600. The first-order chi connectivity index (χ1) is 8.75. The summed E-state index contributed by atoms with van der Waals surface area (Å²) in [5, 5.41) is 0. The van der Waals surface area contributed by atoms with Gasteiger partial charge in [-0.2, -0.15) is 0 Å². The highest BCUT2D eigenvalue weighted by Crippen LogP contribution is 2.32. The smallest absolute Gasteiger partial charge is 0.195 e. The Bertz CT molecular complexity index is 399. The van der Waals surface area contributed by atoms with Crippen LogP contribution in [0.2, 0.25) is 0 Å². The number of rotatable bonds is 5. The molecule has 0 aliphatic heterocycles. The van der Waals surface area contributed by atoms with Crippen LogP contribution in [0, 0.1) is 0 Å². The molecule has 0 bridgehead atoms. The summed E-state index contributed by atoms with van der Waals surface area (Å²) in [6.45, 7) is 0.540. The van der Waals surface area contributed by atoms with E-state index in [1.54, 1.807) is 14.2 Å². The van der Waals surface area contributed by atoms with Crippen molar-refractivity contribution in [3.8, 4) is 0 Å². The van der Waals surface area contributed by atoms with Gasteiger partial charge >= 0.3 is 0 Å². The Balaban J connectivity index is 2.36. The molecule has 2 N–H and O–H groups in total.